The molecule has 0 spiro atoms. The van der Waals surface area contributed by atoms with Crippen molar-refractivity contribution in [3.05, 3.63) is 35.4 Å². The highest BCUT2D eigenvalue weighted by Gasteiger charge is 2.21. The van der Waals surface area contributed by atoms with Crippen molar-refractivity contribution in [2.45, 2.75) is 32.9 Å². The normalized spacial score (nSPS) is 11.9. The molecule has 0 saturated heterocycles. The molecule has 0 amide bonds. The molecule has 92 valence electrons. The fourth-order valence-electron chi connectivity index (χ4n) is 1.24. The third kappa shape index (κ3) is 4.00. The number of carbonyl (C=O) groups is 2. The highest BCUT2D eigenvalue weighted by molar-refractivity contribution is 6.35. The van der Waals surface area contributed by atoms with Gasteiger partial charge < -0.3 is 10.5 Å². The van der Waals surface area contributed by atoms with Crippen LogP contribution in [0.2, 0.25) is 0 Å². The van der Waals surface area contributed by atoms with Gasteiger partial charge in [-0.15, -0.1) is 0 Å². The van der Waals surface area contributed by atoms with Crippen LogP contribution in [-0.4, -0.2) is 17.8 Å². The van der Waals surface area contributed by atoms with Crippen molar-refractivity contribution in [1.82, 2.24) is 0 Å². The first-order valence-corrected chi connectivity index (χ1v) is 5.56. The highest BCUT2D eigenvalue weighted by atomic mass is 16.5. The molecule has 1 atom stereocenters. The number of hydrogen-bond acceptors (Lipinski definition) is 4. The number of esters is 1. The molecule has 0 heterocycles. The lowest BCUT2D eigenvalue weighted by atomic mass is 10.1. The topological polar surface area (TPSA) is 69.4 Å². The molecule has 4 nitrogen and oxygen atoms in total. The van der Waals surface area contributed by atoms with E-state index in [1.165, 1.54) is 0 Å². The molecule has 0 bridgehead atoms. The molecule has 0 aromatic heterocycles. The molecule has 2 N–H and O–H groups in total. The summed E-state index contributed by atoms with van der Waals surface area (Å²) in [5.41, 5.74) is 7.43. The predicted octanol–water partition coefficient (Wildman–Crippen LogP) is 1.34. The summed E-state index contributed by atoms with van der Waals surface area (Å²) in [4.78, 5) is 22.7. The second-order valence-corrected chi connectivity index (χ2v) is 3.94. The van der Waals surface area contributed by atoms with Gasteiger partial charge in [-0.1, -0.05) is 36.8 Å². The Kier molecular flexibility index (Phi) is 4.84. The van der Waals surface area contributed by atoms with Crippen LogP contribution in [0.3, 0.4) is 0 Å². The van der Waals surface area contributed by atoms with Crippen LogP contribution >= 0.6 is 0 Å². The number of benzene rings is 1. The van der Waals surface area contributed by atoms with E-state index in [-0.39, 0.29) is 6.61 Å². The first-order valence-electron chi connectivity index (χ1n) is 5.56. The lowest BCUT2D eigenvalue weighted by Gasteiger charge is -2.07. The fourth-order valence-corrected chi connectivity index (χ4v) is 1.24. The van der Waals surface area contributed by atoms with Crippen molar-refractivity contribution in [1.29, 1.82) is 0 Å². The molecule has 1 aromatic rings. The number of hydrogen-bond donors (Lipinski definition) is 1. The lowest BCUT2D eigenvalue weighted by Crippen LogP contribution is -2.36. The third-order valence-electron chi connectivity index (χ3n) is 2.47. The van der Waals surface area contributed by atoms with Gasteiger partial charge in [0.05, 0.1) is 6.04 Å². The molecular weight excluding hydrogens is 218 g/mol. The van der Waals surface area contributed by atoms with Crippen LogP contribution < -0.4 is 5.73 Å². The molecule has 0 aliphatic heterocycles. The molecule has 0 saturated carbocycles. The van der Waals surface area contributed by atoms with E-state index in [1.807, 2.05) is 31.2 Å². The van der Waals surface area contributed by atoms with E-state index in [0.717, 1.165) is 11.1 Å². The molecule has 0 aliphatic rings. The number of rotatable bonds is 5. The Morgan fingerprint density at radius 3 is 2.41 bits per heavy atom. The van der Waals surface area contributed by atoms with Gasteiger partial charge in [-0.05, 0) is 18.9 Å². The Bertz CT molecular complexity index is 398. The maximum absolute atomic E-state index is 11.3. The lowest BCUT2D eigenvalue weighted by molar-refractivity contribution is -0.155. The second-order valence-electron chi connectivity index (χ2n) is 3.94. The summed E-state index contributed by atoms with van der Waals surface area (Å²) in [5, 5.41) is 0. The van der Waals surface area contributed by atoms with E-state index in [1.54, 1.807) is 6.92 Å². The Hall–Kier alpha value is -1.68. The van der Waals surface area contributed by atoms with Gasteiger partial charge in [0.1, 0.15) is 6.61 Å². The Balaban J connectivity index is 2.48. The standard InChI is InChI=1S/C13H17NO3/c1-3-11(14)12(15)13(16)17-8-10-6-4-9(2)5-7-10/h4-7,11H,3,8,14H2,1-2H3. The Morgan fingerprint density at radius 1 is 1.29 bits per heavy atom. The largest absolute Gasteiger partial charge is 0.455 e. The van der Waals surface area contributed by atoms with E-state index >= 15 is 0 Å². The van der Waals surface area contributed by atoms with Gasteiger partial charge in [0.2, 0.25) is 0 Å². The molecule has 1 rings (SSSR count). The van der Waals surface area contributed by atoms with E-state index in [4.69, 9.17) is 10.5 Å². The minimum absolute atomic E-state index is 0.0985. The zero-order valence-electron chi connectivity index (χ0n) is 10.1. The van der Waals surface area contributed by atoms with Gasteiger partial charge in [-0.2, -0.15) is 0 Å². The maximum atomic E-state index is 11.3. The summed E-state index contributed by atoms with van der Waals surface area (Å²) in [5.74, 6) is -1.53. The van der Waals surface area contributed by atoms with E-state index < -0.39 is 17.8 Å². The number of carbonyl (C=O) groups excluding carboxylic acids is 2. The van der Waals surface area contributed by atoms with Gasteiger partial charge in [0.15, 0.2) is 0 Å². The summed E-state index contributed by atoms with van der Waals surface area (Å²) in [6, 6.07) is 6.78. The molecule has 1 aromatic carbocycles. The van der Waals surface area contributed by atoms with E-state index in [2.05, 4.69) is 0 Å². The maximum Gasteiger partial charge on any atom is 0.376 e. The Labute approximate surface area is 101 Å². The zero-order valence-corrected chi connectivity index (χ0v) is 10.1. The summed E-state index contributed by atoms with van der Waals surface area (Å²) in [6.07, 6.45) is 0.429. The smallest absolute Gasteiger partial charge is 0.376 e. The summed E-state index contributed by atoms with van der Waals surface area (Å²) >= 11 is 0. The second kappa shape index (κ2) is 6.15. The van der Waals surface area contributed by atoms with Crippen LogP contribution in [0.5, 0.6) is 0 Å². The highest BCUT2D eigenvalue weighted by Crippen LogP contribution is 2.05. The van der Waals surface area contributed by atoms with Crippen molar-refractivity contribution >= 4 is 11.8 Å². The van der Waals surface area contributed by atoms with E-state index in [0.29, 0.717) is 6.42 Å². The van der Waals surface area contributed by atoms with Crippen molar-refractivity contribution in [2.24, 2.45) is 5.73 Å². The molecule has 0 aliphatic carbocycles. The predicted molar refractivity (Wildman–Crippen MR) is 64.2 cm³/mol. The average molecular weight is 235 g/mol. The molecule has 1 unspecified atom stereocenters. The average Bonchev–Trinajstić information content (AvgIpc) is 2.35. The van der Waals surface area contributed by atoms with Crippen molar-refractivity contribution in [3.63, 3.8) is 0 Å². The minimum atomic E-state index is -0.861. The molecule has 4 heteroatoms. The first kappa shape index (κ1) is 13.4. The summed E-state index contributed by atoms with van der Waals surface area (Å²) in [7, 11) is 0. The summed E-state index contributed by atoms with van der Waals surface area (Å²) < 4.78 is 4.88. The van der Waals surface area contributed by atoms with Gasteiger partial charge in [-0.25, -0.2) is 4.79 Å². The SMILES string of the molecule is CCC(N)C(=O)C(=O)OCc1ccc(C)cc1. The van der Waals surface area contributed by atoms with Crippen LogP contribution in [0.15, 0.2) is 24.3 Å². The van der Waals surface area contributed by atoms with Crippen LogP contribution in [-0.2, 0) is 20.9 Å². The van der Waals surface area contributed by atoms with Crippen molar-refractivity contribution in [2.75, 3.05) is 0 Å². The molecule has 0 fully saturated rings. The minimum Gasteiger partial charge on any atom is -0.455 e. The number of ketones is 1. The zero-order chi connectivity index (χ0) is 12.8. The van der Waals surface area contributed by atoms with Gasteiger partial charge >= 0.3 is 5.97 Å². The number of aryl methyl sites for hydroxylation is 1. The van der Waals surface area contributed by atoms with Crippen LogP contribution in [0, 0.1) is 6.92 Å². The molecule has 0 radical (unpaired) electrons. The van der Waals surface area contributed by atoms with Crippen LogP contribution in [0.4, 0.5) is 0 Å². The molecule has 17 heavy (non-hydrogen) atoms. The first-order chi connectivity index (χ1) is 8.04. The quantitative estimate of drug-likeness (QED) is 0.617. The Morgan fingerprint density at radius 2 is 1.88 bits per heavy atom. The number of nitrogens with two attached hydrogens (primary N) is 1. The molecular formula is C13H17NO3. The summed E-state index contributed by atoms with van der Waals surface area (Å²) in [6.45, 7) is 3.82. The van der Waals surface area contributed by atoms with E-state index in [9.17, 15) is 9.59 Å². The van der Waals surface area contributed by atoms with Crippen molar-refractivity contribution < 1.29 is 14.3 Å². The third-order valence-corrected chi connectivity index (χ3v) is 2.47. The van der Waals surface area contributed by atoms with Gasteiger partial charge in [0.25, 0.3) is 5.78 Å². The van der Waals surface area contributed by atoms with Crippen LogP contribution in [0.1, 0.15) is 24.5 Å². The monoisotopic (exact) mass is 235 g/mol. The van der Waals surface area contributed by atoms with Crippen molar-refractivity contribution in [3.8, 4) is 0 Å². The number of Topliss-reactive ketones (excluding diaryl/α,β-unsaturated/α-hetero) is 1. The van der Waals surface area contributed by atoms with Gasteiger partial charge in [0, 0.05) is 0 Å². The number of ether oxygens (including phenoxy) is 1. The fraction of sp³-hybridized carbons (Fsp3) is 0.385. The van der Waals surface area contributed by atoms with Crippen LogP contribution in [0.25, 0.3) is 0 Å². The van der Waals surface area contributed by atoms with Gasteiger partial charge in [-0.3, -0.25) is 4.79 Å².